The highest BCUT2D eigenvalue weighted by molar-refractivity contribution is 5.14. The largest absolute Gasteiger partial charge is 0.302 e. The van der Waals surface area contributed by atoms with Gasteiger partial charge in [-0.25, -0.2) is 0 Å². The molecular weight excluding hydrogens is 182 g/mol. The number of nitrogens with zero attached hydrogens (tertiary/aromatic N) is 1. The maximum absolute atomic E-state index is 2.60. The molecule has 0 bridgehead atoms. The summed E-state index contributed by atoms with van der Waals surface area (Å²) in [5.74, 6) is 1.75. The highest BCUT2D eigenvalue weighted by Crippen LogP contribution is 2.21. The van der Waals surface area contributed by atoms with Gasteiger partial charge in [-0.15, -0.1) is 0 Å². The third-order valence-electron chi connectivity index (χ3n) is 3.62. The zero-order valence-electron chi connectivity index (χ0n) is 9.82. The Hall–Kier alpha value is -0.820. The highest BCUT2D eigenvalue weighted by atomic mass is 15.1. The second-order valence-corrected chi connectivity index (χ2v) is 4.95. The fourth-order valence-electron chi connectivity index (χ4n) is 2.36. The predicted molar refractivity (Wildman–Crippen MR) is 64.9 cm³/mol. The maximum atomic E-state index is 2.60. The minimum Gasteiger partial charge on any atom is -0.302 e. The van der Waals surface area contributed by atoms with Gasteiger partial charge >= 0.3 is 0 Å². The molecule has 0 unspecified atom stereocenters. The topological polar surface area (TPSA) is 3.24 Å². The lowest BCUT2D eigenvalue weighted by Crippen LogP contribution is -2.23. The average Bonchev–Trinajstić information content (AvgIpc) is 2.57. The van der Waals surface area contributed by atoms with E-state index in [-0.39, 0.29) is 0 Å². The van der Waals surface area contributed by atoms with E-state index in [1.807, 2.05) is 0 Å². The van der Waals surface area contributed by atoms with Crippen molar-refractivity contribution in [3.8, 4) is 0 Å². The van der Waals surface area contributed by atoms with Crippen LogP contribution in [0.5, 0.6) is 0 Å². The first-order valence-corrected chi connectivity index (χ1v) is 6.02. The van der Waals surface area contributed by atoms with Gasteiger partial charge in [-0.3, -0.25) is 0 Å². The summed E-state index contributed by atoms with van der Waals surface area (Å²) in [6.07, 6.45) is 1.19. The van der Waals surface area contributed by atoms with E-state index in [2.05, 4.69) is 49.1 Å². The Morgan fingerprint density at radius 2 is 1.67 bits per heavy atom. The van der Waals surface area contributed by atoms with Crippen LogP contribution in [0, 0.1) is 11.8 Å². The predicted octanol–water partition coefficient (Wildman–Crippen LogP) is 2.82. The van der Waals surface area contributed by atoms with Crippen molar-refractivity contribution < 1.29 is 0 Å². The van der Waals surface area contributed by atoms with Crippen molar-refractivity contribution in [1.82, 2.24) is 4.90 Å². The average molecular weight is 203 g/mol. The molecule has 1 aliphatic heterocycles. The van der Waals surface area contributed by atoms with E-state index >= 15 is 0 Å². The number of rotatable bonds is 3. The molecule has 0 aromatic heterocycles. The van der Waals surface area contributed by atoms with Crippen molar-refractivity contribution in [3.05, 3.63) is 35.9 Å². The fourth-order valence-corrected chi connectivity index (χ4v) is 2.36. The summed E-state index contributed by atoms with van der Waals surface area (Å²) in [6, 6.07) is 10.8. The Bertz CT molecular complexity index is 283. The zero-order chi connectivity index (χ0) is 10.7. The minimum atomic E-state index is 0.876. The van der Waals surface area contributed by atoms with E-state index in [1.165, 1.54) is 31.6 Å². The van der Waals surface area contributed by atoms with Crippen molar-refractivity contribution in [2.24, 2.45) is 11.8 Å². The lowest BCUT2D eigenvalue weighted by molar-refractivity contribution is 0.328. The van der Waals surface area contributed by atoms with Gasteiger partial charge in [0.2, 0.25) is 0 Å². The Kier molecular flexibility index (Phi) is 3.42. The monoisotopic (exact) mass is 203 g/mol. The number of likely N-dealkylation sites (tertiary alicyclic amines) is 1. The van der Waals surface area contributed by atoms with E-state index in [0.29, 0.717) is 0 Å². The summed E-state index contributed by atoms with van der Waals surface area (Å²) in [4.78, 5) is 2.60. The summed E-state index contributed by atoms with van der Waals surface area (Å²) < 4.78 is 0. The highest BCUT2D eigenvalue weighted by Gasteiger charge is 2.25. The minimum absolute atomic E-state index is 0.876. The molecule has 1 aromatic carbocycles. The van der Waals surface area contributed by atoms with Gasteiger partial charge < -0.3 is 4.90 Å². The van der Waals surface area contributed by atoms with Gasteiger partial charge in [0.25, 0.3) is 0 Å². The number of benzene rings is 1. The molecule has 1 fully saturated rings. The summed E-state index contributed by atoms with van der Waals surface area (Å²) in [7, 11) is 0. The molecule has 0 aliphatic carbocycles. The van der Waals surface area contributed by atoms with E-state index in [0.717, 1.165) is 11.8 Å². The first kappa shape index (κ1) is 10.7. The molecule has 0 amide bonds. The van der Waals surface area contributed by atoms with Gasteiger partial charge in [-0.1, -0.05) is 44.2 Å². The van der Waals surface area contributed by atoms with Crippen LogP contribution in [0.4, 0.5) is 0 Å². The molecule has 15 heavy (non-hydrogen) atoms. The molecule has 0 radical (unpaired) electrons. The van der Waals surface area contributed by atoms with Crippen molar-refractivity contribution >= 4 is 0 Å². The van der Waals surface area contributed by atoms with Crippen molar-refractivity contribution in [2.75, 3.05) is 19.6 Å². The van der Waals surface area contributed by atoms with Crippen LogP contribution in [0.25, 0.3) is 0 Å². The summed E-state index contributed by atoms with van der Waals surface area (Å²) in [5.41, 5.74) is 1.46. The molecule has 1 heteroatoms. The van der Waals surface area contributed by atoms with Crippen LogP contribution in [0.15, 0.2) is 30.3 Å². The molecule has 0 N–H and O–H groups in total. The van der Waals surface area contributed by atoms with Gasteiger partial charge in [-0.2, -0.15) is 0 Å². The molecule has 0 saturated carbocycles. The molecule has 1 nitrogen and oxygen atoms in total. The van der Waals surface area contributed by atoms with Gasteiger partial charge in [-0.05, 0) is 23.8 Å². The van der Waals surface area contributed by atoms with Gasteiger partial charge in [0.15, 0.2) is 0 Å². The SMILES string of the molecule is C[C@H]1CN(CCc2ccccc2)C[C@@H]1C. The fraction of sp³-hybridized carbons (Fsp3) is 0.571. The lowest BCUT2D eigenvalue weighted by Gasteiger charge is -2.14. The number of hydrogen-bond donors (Lipinski definition) is 0. The first-order valence-electron chi connectivity index (χ1n) is 6.02. The quantitative estimate of drug-likeness (QED) is 0.730. The van der Waals surface area contributed by atoms with Crippen LogP contribution in [0.1, 0.15) is 19.4 Å². The third-order valence-corrected chi connectivity index (χ3v) is 3.62. The Labute approximate surface area is 93.1 Å². The van der Waals surface area contributed by atoms with Crippen molar-refractivity contribution in [3.63, 3.8) is 0 Å². The Morgan fingerprint density at radius 3 is 2.27 bits per heavy atom. The molecule has 2 rings (SSSR count). The molecule has 0 spiro atoms. The standard InChI is InChI=1S/C14H21N/c1-12-10-15(11-13(12)2)9-8-14-6-4-3-5-7-14/h3-7,12-13H,8-11H2,1-2H3/t12-,13-/m0/s1. The van der Waals surface area contributed by atoms with Crippen LogP contribution in [-0.4, -0.2) is 24.5 Å². The summed E-state index contributed by atoms with van der Waals surface area (Å²) in [5, 5.41) is 0. The van der Waals surface area contributed by atoms with Crippen LogP contribution in [-0.2, 0) is 6.42 Å². The van der Waals surface area contributed by atoms with Gasteiger partial charge in [0.05, 0.1) is 0 Å². The molecule has 1 aliphatic rings. The third kappa shape index (κ3) is 2.82. The number of hydrogen-bond acceptors (Lipinski definition) is 1. The molecule has 1 aromatic rings. The van der Waals surface area contributed by atoms with Crippen LogP contribution < -0.4 is 0 Å². The van der Waals surface area contributed by atoms with Gasteiger partial charge in [0.1, 0.15) is 0 Å². The van der Waals surface area contributed by atoms with E-state index in [4.69, 9.17) is 0 Å². The van der Waals surface area contributed by atoms with E-state index < -0.39 is 0 Å². The normalized spacial score (nSPS) is 27.1. The van der Waals surface area contributed by atoms with Crippen LogP contribution in [0.3, 0.4) is 0 Å². The van der Waals surface area contributed by atoms with Crippen molar-refractivity contribution in [1.29, 1.82) is 0 Å². The lowest BCUT2D eigenvalue weighted by atomic mass is 10.0. The summed E-state index contributed by atoms with van der Waals surface area (Å²) in [6.45, 7) is 8.53. The Balaban J connectivity index is 1.80. The van der Waals surface area contributed by atoms with E-state index in [1.54, 1.807) is 0 Å². The molecule has 1 heterocycles. The van der Waals surface area contributed by atoms with Crippen LogP contribution >= 0.6 is 0 Å². The Morgan fingerprint density at radius 1 is 1.07 bits per heavy atom. The molecular formula is C14H21N. The van der Waals surface area contributed by atoms with Gasteiger partial charge in [0, 0.05) is 19.6 Å². The zero-order valence-corrected chi connectivity index (χ0v) is 9.82. The molecule has 82 valence electrons. The second kappa shape index (κ2) is 4.80. The van der Waals surface area contributed by atoms with Crippen LogP contribution in [0.2, 0.25) is 0 Å². The first-order chi connectivity index (χ1) is 7.25. The van der Waals surface area contributed by atoms with E-state index in [9.17, 15) is 0 Å². The second-order valence-electron chi connectivity index (χ2n) is 4.95. The van der Waals surface area contributed by atoms with Crippen molar-refractivity contribution in [2.45, 2.75) is 20.3 Å². The smallest absolute Gasteiger partial charge is 0.00221 e. The summed E-state index contributed by atoms with van der Waals surface area (Å²) >= 11 is 0. The molecule has 1 saturated heterocycles. The molecule has 2 atom stereocenters. The maximum Gasteiger partial charge on any atom is 0.00221 e.